The summed E-state index contributed by atoms with van der Waals surface area (Å²) < 4.78 is 1.19. The van der Waals surface area contributed by atoms with Crippen LogP contribution in [0.4, 0.5) is 0 Å². The van der Waals surface area contributed by atoms with Crippen LogP contribution >= 0.6 is 27.3 Å². The molecular formula is C13H23BrN2S. The highest BCUT2D eigenvalue weighted by molar-refractivity contribution is 9.10. The van der Waals surface area contributed by atoms with Gasteiger partial charge >= 0.3 is 0 Å². The Hall–Kier alpha value is 0.1000. The summed E-state index contributed by atoms with van der Waals surface area (Å²) in [5.74, 6) is 0. The number of hydrogen-bond acceptors (Lipinski definition) is 3. The predicted molar refractivity (Wildman–Crippen MR) is 80.7 cm³/mol. The first kappa shape index (κ1) is 15.2. The second-order valence-electron chi connectivity index (χ2n) is 4.54. The number of rotatable bonds is 8. The Balaban J connectivity index is 2.18. The number of nitrogens with zero attached hydrogens (tertiary/aromatic N) is 1. The summed E-state index contributed by atoms with van der Waals surface area (Å²) in [6.07, 6.45) is 1.23. The lowest BCUT2D eigenvalue weighted by atomic mass is 10.3. The van der Waals surface area contributed by atoms with Crippen LogP contribution in [-0.4, -0.2) is 30.6 Å². The highest BCUT2D eigenvalue weighted by Gasteiger charge is 2.07. The summed E-state index contributed by atoms with van der Waals surface area (Å²) in [6.45, 7) is 11.2. The van der Waals surface area contributed by atoms with Crippen LogP contribution < -0.4 is 5.32 Å². The van der Waals surface area contributed by atoms with Gasteiger partial charge in [0.05, 0.1) is 0 Å². The zero-order valence-corrected chi connectivity index (χ0v) is 13.4. The van der Waals surface area contributed by atoms with Crippen LogP contribution in [0.3, 0.4) is 0 Å². The topological polar surface area (TPSA) is 15.3 Å². The van der Waals surface area contributed by atoms with E-state index >= 15 is 0 Å². The van der Waals surface area contributed by atoms with Gasteiger partial charge in [-0.2, -0.15) is 0 Å². The van der Waals surface area contributed by atoms with E-state index in [0.29, 0.717) is 6.04 Å². The molecule has 0 fully saturated rings. The van der Waals surface area contributed by atoms with Crippen molar-refractivity contribution in [1.29, 1.82) is 0 Å². The van der Waals surface area contributed by atoms with Gasteiger partial charge in [0.1, 0.15) is 0 Å². The molecule has 0 atom stereocenters. The highest BCUT2D eigenvalue weighted by Crippen LogP contribution is 2.19. The van der Waals surface area contributed by atoms with E-state index in [9.17, 15) is 0 Å². The van der Waals surface area contributed by atoms with E-state index in [-0.39, 0.29) is 0 Å². The first-order valence-electron chi connectivity index (χ1n) is 6.31. The molecule has 0 aliphatic heterocycles. The first-order valence-corrected chi connectivity index (χ1v) is 7.98. The summed E-state index contributed by atoms with van der Waals surface area (Å²) >= 11 is 5.28. The third-order valence-electron chi connectivity index (χ3n) is 2.74. The molecule has 0 aliphatic carbocycles. The van der Waals surface area contributed by atoms with Crippen molar-refractivity contribution in [2.75, 3.05) is 19.6 Å². The molecule has 1 rings (SSSR count). The quantitative estimate of drug-likeness (QED) is 0.735. The lowest BCUT2D eigenvalue weighted by Gasteiger charge is -2.25. The van der Waals surface area contributed by atoms with Crippen LogP contribution in [0.1, 0.15) is 32.1 Å². The second-order valence-corrected chi connectivity index (χ2v) is 6.45. The van der Waals surface area contributed by atoms with Crippen LogP contribution in [-0.2, 0) is 6.54 Å². The standard InChI is InChI=1S/C13H23BrN2S/c1-4-6-16(11(2)3)7-5-15-9-13-8-12(14)10-17-13/h8,10-11,15H,4-7,9H2,1-3H3. The number of nitrogens with one attached hydrogen (secondary N) is 1. The molecule has 1 aromatic rings. The Kier molecular flexibility index (Phi) is 7.35. The fraction of sp³-hybridized carbons (Fsp3) is 0.692. The smallest absolute Gasteiger partial charge is 0.0300 e. The van der Waals surface area contributed by atoms with Gasteiger partial charge < -0.3 is 5.32 Å². The van der Waals surface area contributed by atoms with Crippen molar-refractivity contribution in [3.63, 3.8) is 0 Å². The third kappa shape index (κ3) is 6.00. The Labute approximate surface area is 118 Å². The molecule has 0 aliphatic rings. The van der Waals surface area contributed by atoms with Crippen molar-refractivity contribution >= 4 is 27.3 Å². The van der Waals surface area contributed by atoms with E-state index in [0.717, 1.165) is 19.6 Å². The Morgan fingerprint density at radius 1 is 1.41 bits per heavy atom. The van der Waals surface area contributed by atoms with Gasteiger partial charge in [0.15, 0.2) is 0 Å². The Morgan fingerprint density at radius 3 is 2.71 bits per heavy atom. The third-order valence-corrected chi connectivity index (χ3v) is 4.44. The fourth-order valence-corrected chi connectivity index (χ4v) is 3.22. The van der Waals surface area contributed by atoms with Crippen LogP contribution in [0, 0.1) is 0 Å². The molecule has 0 bridgehead atoms. The van der Waals surface area contributed by atoms with Crippen LogP contribution in [0.5, 0.6) is 0 Å². The molecule has 0 radical (unpaired) electrons. The lowest BCUT2D eigenvalue weighted by molar-refractivity contribution is 0.222. The minimum absolute atomic E-state index is 0.646. The van der Waals surface area contributed by atoms with Gasteiger partial charge in [-0.25, -0.2) is 0 Å². The Bertz CT molecular complexity index is 312. The van der Waals surface area contributed by atoms with E-state index < -0.39 is 0 Å². The number of thiophene rings is 1. The summed E-state index contributed by atoms with van der Waals surface area (Å²) in [5.41, 5.74) is 0. The molecule has 0 spiro atoms. The zero-order valence-electron chi connectivity index (χ0n) is 11.0. The molecule has 17 heavy (non-hydrogen) atoms. The van der Waals surface area contributed by atoms with Crippen molar-refractivity contribution in [3.05, 3.63) is 20.8 Å². The van der Waals surface area contributed by atoms with Crippen molar-refractivity contribution in [1.82, 2.24) is 10.2 Å². The normalized spacial score (nSPS) is 11.6. The lowest BCUT2D eigenvalue weighted by Crippen LogP contribution is -2.37. The van der Waals surface area contributed by atoms with Gasteiger partial charge in [0, 0.05) is 40.4 Å². The van der Waals surface area contributed by atoms with Crippen molar-refractivity contribution in [2.24, 2.45) is 0 Å². The zero-order chi connectivity index (χ0) is 12.7. The highest BCUT2D eigenvalue weighted by atomic mass is 79.9. The largest absolute Gasteiger partial charge is 0.311 e. The van der Waals surface area contributed by atoms with Gasteiger partial charge in [0.25, 0.3) is 0 Å². The van der Waals surface area contributed by atoms with Crippen LogP contribution in [0.15, 0.2) is 15.9 Å². The van der Waals surface area contributed by atoms with Crippen molar-refractivity contribution in [2.45, 2.75) is 39.8 Å². The van der Waals surface area contributed by atoms with Gasteiger partial charge in [-0.1, -0.05) is 6.92 Å². The molecule has 1 heterocycles. The monoisotopic (exact) mass is 318 g/mol. The van der Waals surface area contributed by atoms with Gasteiger partial charge in [-0.05, 0) is 48.8 Å². The molecule has 0 amide bonds. The number of hydrogen-bond donors (Lipinski definition) is 1. The van der Waals surface area contributed by atoms with E-state index in [1.165, 1.54) is 22.3 Å². The predicted octanol–water partition coefficient (Wildman–Crippen LogP) is 3.72. The number of halogens is 1. The molecule has 1 aromatic heterocycles. The maximum Gasteiger partial charge on any atom is 0.0300 e. The fourth-order valence-electron chi connectivity index (χ4n) is 1.80. The average molecular weight is 319 g/mol. The summed E-state index contributed by atoms with van der Waals surface area (Å²) in [7, 11) is 0. The van der Waals surface area contributed by atoms with E-state index in [2.05, 4.69) is 58.4 Å². The maximum atomic E-state index is 3.51. The van der Waals surface area contributed by atoms with Gasteiger partial charge in [-0.3, -0.25) is 4.90 Å². The molecule has 2 nitrogen and oxygen atoms in total. The first-order chi connectivity index (χ1) is 8.13. The van der Waals surface area contributed by atoms with E-state index in [4.69, 9.17) is 0 Å². The minimum atomic E-state index is 0.646. The molecular weight excluding hydrogens is 296 g/mol. The summed E-state index contributed by atoms with van der Waals surface area (Å²) in [4.78, 5) is 3.92. The average Bonchev–Trinajstić information content (AvgIpc) is 2.68. The van der Waals surface area contributed by atoms with Crippen LogP contribution in [0.25, 0.3) is 0 Å². The van der Waals surface area contributed by atoms with Crippen molar-refractivity contribution < 1.29 is 0 Å². The molecule has 0 saturated heterocycles. The molecule has 1 N–H and O–H groups in total. The summed E-state index contributed by atoms with van der Waals surface area (Å²) in [6, 6.07) is 2.83. The molecule has 98 valence electrons. The minimum Gasteiger partial charge on any atom is -0.311 e. The van der Waals surface area contributed by atoms with Crippen LogP contribution in [0.2, 0.25) is 0 Å². The Morgan fingerprint density at radius 2 is 2.18 bits per heavy atom. The summed E-state index contributed by atoms with van der Waals surface area (Å²) in [5, 5.41) is 5.64. The molecule has 0 unspecified atom stereocenters. The SMILES string of the molecule is CCCN(CCNCc1cc(Br)cs1)C(C)C. The van der Waals surface area contributed by atoms with Gasteiger partial charge in [0.2, 0.25) is 0 Å². The van der Waals surface area contributed by atoms with Crippen molar-refractivity contribution in [3.8, 4) is 0 Å². The van der Waals surface area contributed by atoms with E-state index in [1.54, 1.807) is 11.3 Å². The second kappa shape index (κ2) is 8.25. The van der Waals surface area contributed by atoms with E-state index in [1.807, 2.05) is 0 Å². The molecule has 0 saturated carbocycles. The maximum absolute atomic E-state index is 3.51. The molecule has 0 aromatic carbocycles. The van der Waals surface area contributed by atoms with Gasteiger partial charge in [-0.15, -0.1) is 11.3 Å². The molecule has 4 heteroatoms.